The van der Waals surface area contributed by atoms with Gasteiger partial charge in [-0.2, -0.15) is 0 Å². The number of para-hydroxylation sites is 1. The van der Waals surface area contributed by atoms with Crippen LogP contribution in [-0.4, -0.2) is 49.4 Å². The largest absolute Gasteiger partial charge is 0.444 e. The molecule has 1 saturated heterocycles. The Balaban J connectivity index is 1.49. The Morgan fingerprint density at radius 2 is 1.92 bits per heavy atom. The van der Waals surface area contributed by atoms with E-state index in [9.17, 15) is 9.59 Å². The lowest BCUT2D eigenvalue weighted by Gasteiger charge is -2.31. The summed E-state index contributed by atoms with van der Waals surface area (Å²) in [7, 11) is 0. The third-order valence-electron chi connectivity index (χ3n) is 4.62. The predicted molar refractivity (Wildman–Crippen MR) is 102 cm³/mol. The summed E-state index contributed by atoms with van der Waals surface area (Å²) in [6.45, 7) is 5.21. The van der Waals surface area contributed by atoms with Gasteiger partial charge in [0.05, 0.1) is 26.2 Å². The molecule has 0 atom stereocenters. The highest BCUT2D eigenvalue weighted by Crippen LogP contribution is 2.16. The van der Waals surface area contributed by atoms with E-state index in [1.807, 2.05) is 24.3 Å². The second-order valence-electron chi connectivity index (χ2n) is 6.38. The Bertz CT molecular complexity index is 782. The van der Waals surface area contributed by atoms with Crippen molar-refractivity contribution in [2.24, 2.45) is 0 Å². The molecular formula is C19H23BrN3O3+. The summed E-state index contributed by atoms with van der Waals surface area (Å²) in [5.41, 5.74) is 2.02. The lowest BCUT2D eigenvalue weighted by atomic mass is 10.1. The average Bonchev–Trinajstić information content (AvgIpc) is 3.08. The molecule has 1 aliphatic rings. The Morgan fingerprint density at radius 1 is 1.19 bits per heavy atom. The van der Waals surface area contributed by atoms with Gasteiger partial charge in [-0.25, -0.2) is 0 Å². The molecular weight excluding hydrogens is 398 g/mol. The van der Waals surface area contributed by atoms with Crippen molar-refractivity contribution in [2.45, 2.75) is 13.3 Å². The van der Waals surface area contributed by atoms with E-state index >= 15 is 0 Å². The van der Waals surface area contributed by atoms with Crippen molar-refractivity contribution in [2.75, 3.05) is 38.0 Å². The minimum absolute atomic E-state index is 0.00985. The highest BCUT2D eigenvalue weighted by molar-refractivity contribution is 9.10. The summed E-state index contributed by atoms with van der Waals surface area (Å²) in [4.78, 5) is 27.7. The Kier molecular flexibility index (Phi) is 6.11. The fraction of sp³-hybridized carbons (Fsp3) is 0.368. The van der Waals surface area contributed by atoms with E-state index in [1.165, 1.54) is 4.90 Å². The summed E-state index contributed by atoms with van der Waals surface area (Å²) in [6, 6.07) is 11.3. The van der Waals surface area contributed by atoms with Crippen LogP contribution in [-0.2, 0) is 11.2 Å². The van der Waals surface area contributed by atoms with Gasteiger partial charge in [-0.15, -0.1) is 0 Å². The van der Waals surface area contributed by atoms with Crippen LogP contribution in [0.1, 0.15) is 23.0 Å². The summed E-state index contributed by atoms with van der Waals surface area (Å²) in [5.74, 6) is 0.251. The van der Waals surface area contributed by atoms with Gasteiger partial charge in [-0.1, -0.05) is 25.1 Å². The van der Waals surface area contributed by atoms with Crippen molar-refractivity contribution in [3.63, 3.8) is 0 Å². The van der Waals surface area contributed by atoms with E-state index < -0.39 is 0 Å². The molecule has 1 aromatic carbocycles. The number of hydrogen-bond donors (Lipinski definition) is 2. The molecule has 0 radical (unpaired) electrons. The first-order valence-electron chi connectivity index (χ1n) is 8.82. The molecule has 3 rings (SSSR count). The van der Waals surface area contributed by atoms with Gasteiger partial charge in [0, 0.05) is 5.69 Å². The maximum atomic E-state index is 12.4. The summed E-state index contributed by atoms with van der Waals surface area (Å²) < 4.78 is 5.88. The van der Waals surface area contributed by atoms with Crippen molar-refractivity contribution in [3.8, 4) is 0 Å². The lowest BCUT2D eigenvalue weighted by Crippen LogP contribution is -3.15. The molecule has 2 N–H and O–H groups in total. The zero-order valence-electron chi connectivity index (χ0n) is 14.8. The van der Waals surface area contributed by atoms with Crippen LogP contribution in [0, 0.1) is 0 Å². The molecule has 1 aliphatic heterocycles. The second kappa shape index (κ2) is 8.51. The maximum absolute atomic E-state index is 12.4. The van der Waals surface area contributed by atoms with Crippen molar-refractivity contribution in [3.05, 3.63) is 52.4 Å². The molecule has 0 unspecified atom stereocenters. The van der Waals surface area contributed by atoms with Gasteiger partial charge >= 0.3 is 0 Å². The first-order valence-corrected chi connectivity index (χ1v) is 9.62. The highest BCUT2D eigenvalue weighted by atomic mass is 79.9. The van der Waals surface area contributed by atoms with Crippen LogP contribution in [0.25, 0.3) is 0 Å². The molecule has 138 valence electrons. The number of hydrogen-bond acceptors (Lipinski definition) is 3. The number of benzene rings is 1. The molecule has 0 spiro atoms. The van der Waals surface area contributed by atoms with E-state index in [-0.39, 0.29) is 11.8 Å². The quantitative estimate of drug-likeness (QED) is 0.771. The predicted octanol–water partition coefficient (Wildman–Crippen LogP) is 1.58. The van der Waals surface area contributed by atoms with Crippen LogP contribution in [0.2, 0.25) is 0 Å². The number of nitrogens with zero attached hydrogens (tertiary/aromatic N) is 1. The smallest absolute Gasteiger partial charge is 0.290 e. The zero-order valence-corrected chi connectivity index (χ0v) is 16.3. The van der Waals surface area contributed by atoms with Crippen molar-refractivity contribution in [1.29, 1.82) is 0 Å². The first kappa shape index (κ1) is 18.7. The molecule has 6 nitrogen and oxygen atoms in total. The molecule has 2 amide bonds. The number of rotatable bonds is 5. The summed E-state index contributed by atoms with van der Waals surface area (Å²) >= 11 is 3.21. The third kappa shape index (κ3) is 4.53. The highest BCUT2D eigenvalue weighted by Gasteiger charge is 2.27. The van der Waals surface area contributed by atoms with Crippen LogP contribution in [0.15, 0.2) is 45.5 Å². The fourth-order valence-electron chi connectivity index (χ4n) is 3.16. The third-order valence-corrected chi connectivity index (χ3v) is 5.05. The normalized spacial score (nSPS) is 15.1. The van der Waals surface area contributed by atoms with E-state index in [0.29, 0.717) is 30.1 Å². The average molecular weight is 421 g/mol. The number of quaternary nitrogens is 1. The number of carbonyl (C=O) groups excluding carboxylic acids is 2. The SMILES string of the molecule is CCc1ccccc1NC(=O)C[NH+]1CCN(C(=O)c2ccc(Br)o2)CC1. The number of piperazine rings is 1. The van der Waals surface area contributed by atoms with E-state index in [0.717, 1.165) is 30.8 Å². The molecule has 0 bridgehead atoms. The monoisotopic (exact) mass is 420 g/mol. The van der Waals surface area contributed by atoms with Crippen LogP contribution in [0.4, 0.5) is 5.69 Å². The van der Waals surface area contributed by atoms with Gasteiger partial charge in [0.15, 0.2) is 17.0 Å². The number of aryl methyl sites for hydroxylation is 1. The molecule has 0 aliphatic carbocycles. The van der Waals surface area contributed by atoms with Gasteiger partial charge in [0.25, 0.3) is 11.8 Å². The van der Waals surface area contributed by atoms with Gasteiger partial charge in [0.1, 0.15) is 0 Å². The molecule has 1 fully saturated rings. The number of furan rings is 1. The van der Waals surface area contributed by atoms with Crippen LogP contribution in [0.3, 0.4) is 0 Å². The maximum Gasteiger partial charge on any atom is 0.290 e. The molecule has 2 aromatic rings. The number of halogens is 1. The van der Waals surface area contributed by atoms with Gasteiger partial charge in [0.2, 0.25) is 0 Å². The topological polar surface area (TPSA) is 67.0 Å². The van der Waals surface area contributed by atoms with Crippen molar-refractivity contribution in [1.82, 2.24) is 4.90 Å². The second-order valence-corrected chi connectivity index (χ2v) is 7.16. The standard InChI is InChI=1S/C19H22BrN3O3/c1-2-14-5-3-4-6-15(14)21-18(24)13-22-9-11-23(12-10-22)19(25)16-7-8-17(20)26-16/h3-8H,2,9-13H2,1H3,(H,21,24)/p+1. The van der Waals surface area contributed by atoms with Gasteiger partial charge in [-0.05, 0) is 46.1 Å². The number of nitrogens with one attached hydrogen (secondary N) is 2. The Hall–Kier alpha value is -2.12. The number of carbonyl (C=O) groups is 2. The van der Waals surface area contributed by atoms with Crippen LogP contribution >= 0.6 is 15.9 Å². The molecule has 1 aromatic heterocycles. The molecule has 26 heavy (non-hydrogen) atoms. The summed E-state index contributed by atoms with van der Waals surface area (Å²) in [5, 5.41) is 3.01. The minimum Gasteiger partial charge on any atom is -0.444 e. The van der Waals surface area contributed by atoms with E-state index in [4.69, 9.17) is 4.42 Å². The molecule has 7 heteroatoms. The fourth-order valence-corrected chi connectivity index (χ4v) is 3.47. The number of amides is 2. The van der Waals surface area contributed by atoms with Gasteiger partial charge in [-0.3, -0.25) is 9.59 Å². The Labute approximate surface area is 161 Å². The summed E-state index contributed by atoms with van der Waals surface area (Å²) in [6.07, 6.45) is 0.882. The Morgan fingerprint density at radius 3 is 2.58 bits per heavy atom. The van der Waals surface area contributed by atoms with E-state index in [2.05, 4.69) is 28.2 Å². The van der Waals surface area contributed by atoms with E-state index in [1.54, 1.807) is 17.0 Å². The molecule has 2 heterocycles. The number of anilines is 1. The lowest BCUT2D eigenvalue weighted by molar-refractivity contribution is -0.895. The first-order chi connectivity index (χ1) is 12.6. The zero-order chi connectivity index (χ0) is 18.5. The van der Waals surface area contributed by atoms with Crippen LogP contribution < -0.4 is 10.2 Å². The van der Waals surface area contributed by atoms with Crippen LogP contribution in [0.5, 0.6) is 0 Å². The van der Waals surface area contributed by atoms with Crippen molar-refractivity contribution >= 4 is 33.4 Å². The van der Waals surface area contributed by atoms with Crippen molar-refractivity contribution < 1.29 is 18.9 Å². The minimum atomic E-state index is -0.101. The van der Waals surface area contributed by atoms with Gasteiger partial charge < -0.3 is 19.5 Å². The molecule has 0 saturated carbocycles.